The first kappa shape index (κ1) is 19.8. The van der Waals surface area contributed by atoms with Crippen molar-refractivity contribution in [1.82, 2.24) is 25.0 Å². The molecule has 0 radical (unpaired) electrons. The fourth-order valence-corrected chi connectivity index (χ4v) is 3.70. The zero-order valence-electron chi connectivity index (χ0n) is 17.9. The van der Waals surface area contributed by atoms with Crippen LogP contribution in [-0.4, -0.2) is 32.1 Å². The van der Waals surface area contributed by atoms with E-state index in [9.17, 15) is 0 Å². The van der Waals surface area contributed by atoms with Crippen molar-refractivity contribution in [3.63, 3.8) is 0 Å². The van der Waals surface area contributed by atoms with Gasteiger partial charge in [-0.1, -0.05) is 29.5 Å². The van der Waals surface area contributed by atoms with Gasteiger partial charge in [-0.15, -0.1) is 5.10 Å². The maximum Gasteiger partial charge on any atom is 0.134 e. The predicted octanol–water partition coefficient (Wildman–Crippen LogP) is 4.92. The maximum atomic E-state index is 5.95. The van der Waals surface area contributed by atoms with E-state index >= 15 is 0 Å². The van der Waals surface area contributed by atoms with E-state index in [2.05, 4.69) is 26.3 Å². The highest BCUT2D eigenvalue weighted by Crippen LogP contribution is 2.29. The van der Waals surface area contributed by atoms with Crippen LogP contribution in [0.3, 0.4) is 0 Å². The van der Waals surface area contributed by atoms with Crippen molar-refractivity contribution in [3.05, 3.63) is 84.0 Å². The minimum absolute atomic E-state index is 0.356. The summed E-state index contributed by atoms with van der Waals surface area (Å²) in [5, 5.41) is 10.7. The van der Waals surface area contributed by atoms with E-state index in [1.165, 1.54) is 5.39 Å². The van der Waals surface area contributed by atoms with Gasteiger partial charge in [0.1, 0.15) is 23.8 Å². The van der Waals surface area contributed by atoms with Crippen LogP contribution in [0.25, 0.3) is 27.9 Å². The van der Waals surface area contributed by atoms with Gasteiger partial charge < -0.3 is 14.5 Å². The second-order valence-corrected chi connectivity index (χ2v) is 7.55. The number of benzene rings is 2. The lowest BCUT2D eigenvalue weighted by atomic mass is 10.1. The van der Waals surface area contributed by atoms with Crippen LogP contribution in [-0.2, 0) is 13.2 Å². The van der Waals surface area contributed by atoms with Crippen molar-refractivity contribution >= 4 is 27.9 Å². The van der Waals surface area contributed by atoms with Gasteiger partial charge in [0.15, 0.2) is 0 Å². The Kier molecular flexibility index (Phi) is 5.29. The molecule has 160 valence electrons. The molecule has 3 heterocycles. The van der Waals surface area contributed by atoms with Crippen molar-refractivity contribution in [3.8, 4) is 11.5 Å². The van der Waals surface area contributed by atoms with Gasteiger partial charge in [0, 0.05) is 23.0 Å². The molecule has 0 saturated heterocycles. The van der Waals surface area contributed by atoms with Gasteiger partial charge in [-0.05, 0) is 42.8 Å². The molecule has 0 aliphatic heterocycles. The SMILES string of the molecule is COc1ccc(/C=C/Cn2cc(COc3ccc4c(c3)[nH]c3c(C)nccc34)nn2)cc1. The molecule has 32 heavy (non-hydrogen) atoms. The Labute approximate surface area is 185 Å². The second-order valence-electron chi connectivity index (χ2n) is 7.55. The first-order chi connectivity index (χ1) is 15.7. The molecule has 0 saturated carbocycles. The van der Waals surface area contributed by atoms with Crippen LogP contribution in [0.5, 0.6) is 11.5 Å². The summed E-state index contributed by atoms with van der Waals surface area (Å²) in [5.41, 5.74) is 4.96. The molecule has 0 unspecified atom stereocenters. The summed E-state index contributed by atoms with van der Waals surface area (Å²) in [6.45, 7) is 2.99. The van der Waals surface area contributed by atoms with E-state index in [0.717, 1.165) is 44.9 Å². The van der Waals surface area contributed by atoms with Crippen LogP contribution < -0.4 is 9.47 Å². The summed E-state index contributed by atoms with van der Waals surface area (Å²) in [7, 11) is 1.66. The Hall–Kier alpha value is -4.13. The molecule has 0 amide bonds. The third-order valence-corrected chi connectivity index (χ3v) is 5.37. The Bertz CT molecular complexity index is 1400. The molecule has 2 aromatic carbocycles. The van der Waals surface area contributed by atoms with Crippen molar-refractivity contribution < 1.29 is 9.47 Å². The number of H-pyrrole nitrogens is 1. The number of hydrogen-bond acceptors (Lipinski definition) is 5. The number of hydrogen-bond donors (Lipinski definition) is 1. The third kappa shape index (κ3) is 4.05. The lowest BCUT2D eigenvalue weighted by Crippen LogP contribution is -1.96. The van der Waals surface area contributed by atoms with Crippen LogP contribution >= 0.6 is 0 Å². The van der Waals surface area contributed by atoms with E-state index in [-0.39, 0.29) is 0 Å². The monoisotopic (exact) mass is 425 g/mol. The van der Waals surface area contributed by atoms with Crippen molar-refractivity contribution in [2.45, 2.75) is 20.1 Å². The third-order valence-electron chi connectivity index (χ3n) is 5.37. The van der Waals surface area contributed by atoms with Crippen molar-refractivity contribution in [1.29, 1.82) is 0 Å². The molecule has 0 bridgehead atoms. The summed E-state index contributed by atoms with van der Waals surface area (Å²) < 4.78 is 12.9. The summed E-state index contributed by atoms with van der Waals surface area (Å²) in [4.78, 5) is 7.80. The smallest absolute Gasteiger partial charge is 0.134 e. The average molecular weight is 425 g/mol. The molecule has 7 heteroatoms. The first-order valence-electron chi connectivity index (χ1n) is 10.4. The number of methoxy groups -OCH3 is 1. The lowest BCUT2D eigenvalue weighted by Gasteiger charge is -2.03. The molecule has 5 aromatic rings. The molecular weight excluding hydrogens is 402 g/mol. The number of fused-ring (bicyclic) bond motifs is 3. The standard InChI is InChI=1S/C25H23N5O2/c1-17-25-23(11-12-26-17)22-10-9-21(14-24(22)27-25)32-16-19-15-30(29-28-19)13-3-4-18-5-7-20(31-2)8-6-18/h3-12,14-15,27H,13,16H2,1-2H3/b4-3+. The van der Waals surface area contributed by atoms with E-state index in [4.69, 9.17) is 9.47 Å². The summed E-state index contributed by atoms with van der Waals surface area (Å²) in [6, 6.07) is 16.0. The Morgan fingerprint density at radius 3 is 2.72 bits per heavy atom. The Morgan fingerprint density at radius 2 is 1.88 bits per heavy atom. The number of aromatic amines is 1. The Morgan fingerprint density at radius 1 is 1.03 bits per heavy atom. The number of aromatic nitrogens is 5. The first-order valence-corrected chi connectivity index (χ1v) is 10.4. The van der Waals surface area contributed by atoms with Gasteiger partial charge in [0.25, 0.3) is 0 Å². The predicted molar refractivity (Wildman–Crippen MR) is 125 cm³/mol. The van der Waals surface area contributed by atoms with Gasteiger partial charge in [-0.25, -0.2) is 4.68 Å². The highest BCUT2D eigenvalue weighted by Gasteiger charge is 2.08. The van der Waals surface area contributed by atoms with Gasteiger partial charge >= 0.3 is 0 Å². The van der Waals surface area contributed by atoms with Gasteiger partial charge in [0.05, 0.1) is 36.6 Å². The molecule has 0 aliphatic carbocycles. The molecule has 0 fully saturated rings. The summed E-state index contributed by atoms with van der Waals surface area (Å²) in [6.07, 6.45) is 7.83. The molecular formula is C25H23N5O2. The number of allylic oxidation sites excluding steroid dienone is 1. The van der Waals surface area contributed by atoms with Crippen LogP contribution in [0, 0.1) is 6.92 Å². The minimum atomic E-state index is 0.356. The molecule has 0 atom stereocenters. The Balaban J connectivity index is 1.22. The van der Waals surface area contributed by atoms with Gasteiger partial charge in [-0.2, -0.15) is 0 Å². The fourth-order valence-electron chi connectivity index (χ4n) is 3.70. The number of nitrogens with one attached hydrogen (secondary N) is 1. The second kappa shape index (κ2) is 8.55. The van der Waals surface area contributed by atoms with Crippen molar-refractivity contribution in [2.75, 3.05) is 7.11 Å². The quantitative estimate of drug-likeness (QED) is 0.401. The minimum Gasteiger partial charge on any atom is -0.497 e. The van der Waals surface area contributed by atoms with E-state index in [1.807, 2.05) is 73.9 Å². The van der Waals surface area contributed by atoms with Crippen LogP contribution in [0.4, 0.5) is 0 Å². The van der Waals surface area contributed by atoms with E-state index < -0.39 is 0 Å². The summed E-state index contributed by atoms with van der Waals surface area (Å²) >= 11 is 0. The van der Waals surface area contributed by atoms with E-state index in [0.29, 0.717) is 13.2 Å². The topological polar surface area (TPSA) is 77.9 Å². The molecule has 0 aliphatic rings. The van der Waals surface area contributed by atoms with Crippen molar-refractivity contribution in [2.24, 2.45) is 0 Å². The number of pyridine rings is 1. The largest absolute Gasteiger partial charge is 0.497 e. The highest BCUT2D eigenvalue weighted by molar-refractivity contribution is 6.08. The molecule has 0 spiro atoms. The molecule has 1 N–H and O–H groups in total. The van der Waals surface area contributed by atoms with Gasteiger partial charge in [-0.3, -0.25) is 4.98 Å². The zero-order valence-corrected chi connectivity index (χ0v) is 17.9. The summed E-state index contributed by atoms with van der Waals surface area (Å²) in [5.74, 6) is 1.63. The van der Waals surface area contributed by atoms with Gasteiger partial charge in [0.2, 0.25) is 0 Å². The van der Waals surface area contributed by atoms with Crippen LogP contribution in [0.1, 0.15) is 17.0 Å². The number of ether oxygens (including phenoxy) is 2. The highest BCUT2D eigenvalue weighted by atomic mass is 16.5. The van der Waals surface area contributed by atoms with E-state index in [1.54, 1.807) is 11.8 Å². The van der Waals surface area contributed by atoms with Crippen LogP contribution in [0.2, 0.25) is 0 Å². The normalized spacial score (nSPS) is 11.6. The maximum absolute atomic E-state index is 5.95. The van der Waals surface area contributed by atoms with Crippen LogP contribution in [0.15, 0.2) is 67.0 Å². The average Bonchev–Trinajstić information content (AvgIpc) is 3.43. The zero-order chi connectivity index (χ0) is 21.9. The fraction of sp³-hybridized carbons (Fsp3) is 0.160. The molecule has 3 aromatic heterocycles. The molecule has 5 rings (SSSR count). The number of aryl methyl sites for hydroxylation is 1. The number of nitrogens with zero attached hydrogens (tertiary/aromatic N) is 4. The molecule has 7 nitrogen and oxygen atoms in total. The lowest BCUT2D eigenvalue weighted by molar-refractivity contribution is 0.301. The number of rotatable bonds is 7.